The molecule has 0 aliphatic rings. The number of thioether (sulfide) groups is 1. The van der Waals surface area contributed by atoms with Gasteiger partial charge in [0.25, 0.3) is 0 Å². The summed E-state index contributed by atoms with van der Waals surface area (Å²) in [6.45, 7) is 1.08. The van der Waals surface area contributed by atoms with Crippen LogP contribution in [-0.4, -0.2) is 40.6 Å². The Balaban J connectivity index is 2.21. The van der Waals surface area contributed by atoms with E-state index < -0.39 is 5.54 Å². The maximum Gasteiger partial charge on any atom is 0.220 e. The number of aliphatic hydroxyl groups excluding tert-OH is 2. The molecule has 0 aliphatic carbocycles. The third-order valence-corrected chi connectivity index (χ3v) is 3.80. The molecule has 106 valence electrons. The second kappa shape index (κ2) is 8.19. The fourth-order valence-corrected chi connectivity index (χ4v) is 2.34. The van der Waals surface area contributed by atoms with Gasteiger partial charge in [-0.2, -0.15) is 0 Å². The monoisotopic (exact) mass is 283 g/mol. The number of carbonyl (C=O) groups is 1. The molecule has 1 amide bonds. The molecule has 0 spiro atoms. The first-order chi connectivity index (χ1) is 9.09. The Morgan fingerprint density at radius 3 is 2.47 bits per heavy atom. The maximum absolute atomic E-state index is 11.6. The van der Waals surface area contributed by atoms with E-state index in [2.05, 4.69) is 5.32 Å². The fraction of sp³-hybridized carbons (Fsp3) is 0.500. The number of nitrogens with one attached hydrogen (secondary N) is 1. The van der Waals surface area contributed by atoms with Crippen molar-refractivity contribution < 1.29 is 15.0 Å². The molecule has 4 nitrogen and oxygen atoms in total. The van der Waals surface area contributed by atoms with Crippen LogP contribution in [0.5, 0.6) is 0 Å². The largest absolute Gasteiger partial charge is 0.394 e. The van der Waals surface area contributed by atoms with Crippen molar-refractivity contribution in [2.24, 2.45) is 0 Å². The van der Waals surface area contributed by atoms with Gasteiger partial charge in [0.2, 0.25) is 5.91 Å². The second-order valence-electron chi connectivity index (χ2n) is 4.69. The molecular formula is C14H21NO3S. The molecule has 0 unspecified atom stereocenters. The zero-order valence-corrected chi connectivity index (χ0v) is 11.9. The van der Waals surface area contributed by atoms with Crippen molar-refractivity contribution in [2.45, 2.75) is 30.2 Å². The molecule has 0 saturated carbocycles. The summed E-state index contributed by atoms with van der Waals surface area (Å²) in [5.41, 5.74) is -0.927. The van der Waals surface area contributed by atoms with E-state index in [0.717, 1.165) is 12.2 Å². The van der Waals surface area contributed by atoms with Gasteiger partial charge in [-0.1, -0.05) is 18.2 Å². The quantitative estimate of drug-likeness (QED) is 0.498. The fourth-order valence-electron chi connectivity index (χ4n) is 1.47. The van der Waals surface area contributed by atoms with E-state index in [1.165, 1.54) is 4.90 Å². The molecule has 0 saturated heterocycles. The molecule has 0 atom stereocenters. The highest BCUT2D eigenvalue weighted by Gasteiger charge is 2.23. The van der Waals surface area contributed by atoms with Gasteiger partial charge in [0, 0.05) is 11.3 Å². The predicted molar refractivity (Wildman–Crippen MR) is 77.1 cm³/mol. The van der Waals surface area contributed by atoms with Gasteiger partial charge >= 0.3 is 0 Å². The molecule has 0 fully saturated rings. The van der Waals surface area contributed by atoms with Gasteiger partial charge in [0.15, 0.2) is 0 Å². The van der Waals surface area contributed by atoms with E-state index in [0.29, 0.717) is 6.42 Å². The summed E-state index contributed by atoms with van der Waals surface area (Å²) >= 11 is 1.71. The van der Waals surface area contributed by atoms with E-state index in [9.17, 15) is 4.79 Å². The zero-order valence-electron chi connectivity index (χ0n) is 11.1. The highest BCUT2D eigenvalue weighted by Crippen LogP contribution is 2.18. The molecule has 0 heterocycles. The summed E-state index contributed by atoms with van der Waals surface area (Å²) < 4.78 is 0. The van der Waals surface area contributed by atoms with Gasteiger partial charge in [0.1, 0.15) is 0 Å². The minimum atomic E-state index is -0.927. The number of rotatable bonds is 8. The smallest absolute Gasteiger partial charge is 0.220 e. The highest BCUT2D eigenvalue weighted by molar-refractivity contribution is 7.99. The molecular weight excluding hydrogens is 262 g/mol. The van der Waals surface area contributed by atoms with Gasteiger partial charge in [-0.15, -0.1) is 11.8 Å². The van der Waals surface area contributed by atoms with Crippen molar-refractivity contribution in [3.63, 3.8) is 0 Å². The van der Waals surface area contributed by atoms with Gasteiger partial charge in [-0.25, -0.2) is 0 Å². The van der Waals surface area contributed by atoms with Crippen LogP contribution in [0.4, 0.5) is 0 Å². The van der Waals surface area contributed by atoms with Gasteiger partial charge < -0.3 is 15.5 Å². The maximum atomic E-state index is 11.6. The Bertz CT molecular complexity index is 380. The Morgan fingerprint density at radius 1 is 1.26 bits per heavy atom. The van der Waals surface area contributed by atoms with E-state index in [-0.39, 0.29) is 19.1 Å². The molecule has 0 bridgehead atoms. The molecule has 3 N–H and O–H groups in total. The van der Waals surface area contributed by atoms with Crippen molar-refractivity contribution in [3.8, 4) is 0 Å². The third kappa shape index (κ3) is 6.09. The lowest BCUT2D eigenvalue weighted by Gasteiger charge is -2.26. The summed E-state index contributed by atoms with van der Waals surface area (Å²) in [5, 5.41) is 20.8. The van der Waals surface area contributed by atoms with Gasteiger partial charge in [0.05, 0.1) is 18.8 Å². The minimum Gasteiger partial charge on any atom is -0.394 e. The van der Waals surface area contributed by atoms with Crippen LogP contribution in [0.1, 0.15) is 19.8 Å². The van der Waals surface area contributed by atoms with Crippen LogP contribution in [-0.2, 0) is 4.79 Å². The van der Waals surface area contributed by atoms with Gasteiger partial charge in [-0.05, 0) is 31.2 Å². The average Bonchev–Trinajstić information content (AvgIpc) is 2.44. The number of carbonyl (C=O) groups excluding carboxylic acids is 1. The first kappa shape index (κ1) is 16.0. The molecule has 1 aromatic carbocycles. The normalized spacial score (nSPS) is 11.3. The zero-order chi connectivity index (χ0) is 14.1. The standard InChI is InChI=1S/C14H21NO3S/c1-14(10-16,11-17)15-13(18)8-5-9-19-12-6-3-2-4-7-12/h2-4,6-7,16-17H,5,8-11H2,1H3,(H,15,18). The van der Waals surface area contributed by atoms with Crippen LogP contribution in [0.3, 0.4) is 0 Å². The van der Waals surface area contributed by atoms with Crippen molar-refractivity contribution in [1.82, 2.24) is 5.32 Å². The number of hydrogen-bond donors (Lipinski definition) is 3. The average molecular weight is 283 g/mol. The topological polar surface area (TPSA) is 69.6 Å². The van der Waals surface area contributed by atoms with E-state index in [4.69, 9.17) is 10.2 Å². The summed E-state index contributed by atoms with van der Waals surface area (Å²) in [5.74, 6) is 0.728. The van der Waals surface area contributed by atoms with Crippen molar-refractivity contribution in [1.29, 1.82) is 0 Å². The lowest BCUT2D eigenvalue weighted by atomic mass is 10.1. The molecule has 0 aromatic heterocycles. The van der Waals surface area contributed by atoms with Crippen LogP contribution in [0.25, 0.3) is 0 Å². The lowest BCUT2D eigenvalue weighted by Crippen LogP contribution is -2.51. The minimum absolute atomic E-state index is 0.140. The molecule has 0 aliphatic heterocycles. The van der Waals surface area contributed by atoms with Crippen LogP contribution < -0.4 is 5.32 Å². The molecule has 0 radical (unpaired) electrons. The summed E-state index contributed by atoms with van der Waals surface area (Å²) in [7, 11) is 0. The number of amides is 1. The van der Waals surface area contributed by atoms with Crippen LogP contribution in [0.15, 0.2) is 35.2 Å². The summed E-state index contributed by atoms with van der Waals surface area (Å²) in [6.07, 6.45) is 1.16. The van der Waals surface area contributed by atoms with E-state index in [1.54, 1.807) is 18.7 Å². The van der Waals surface area contributed by atoms with Crippen molar-refractivity contribution >= 4 is 17.7 Å². The second-order valence-corrected chi connectivity index (χ2v) is 5.86. The predicted octanol–water partition coefficient (Wildman–Crippen LogP) is 1.42. The highest BCUT2D eigenvalue weighted by atomic mass is 32.2. The number of benzene rings is 1. The third-order valence-electron chi connectivity index (χ3n) is 2.70. The molecule has 1 aromatic rings. The van der Waals surface area contributed by atoms with Crippen molar-refractivity contribution in [3.05, 3.63) is 30.3 Å². The van der Waals surface area contributed by atoms with Gasteiger partial charge in [-0.3, -0.25) is 4.79 Å². The molecule has 19 heavy (non-hydrogen) atoms. The van der Waals surface area contributed by atoms with Crippen LogP contribution in [0, 0.1) is 0 Å². The number of aliphatic hydroxyl groups is 2. The Labute approximate surface area is 118 Å². The Morgan fingerprint density at radius 2 is 1.89 bits per heavy atom. The Hall–Kier alpha value is -1.04. The molecule has 1 rings (SSSR count). The SMILES string of the molecule is CC(CO)(CO)NC(=O)CCCSc1ccccc1. The van der Waals surface area contributed by atoms with E-state index >= 15 is 0 Å². The number of hydrogen-bond acceptors (Lipinski definition) is 4. The van der Waals surface area contributed by atoms with Crippen molar-refractivity contribution in [2.75, 3.05) is 19.0 Å². The summed E-state index contributed by atoms with van der Waals surface area (Å²) in [6, 6.07) is 10.0. The first-order valence-electron chi connectivity index (χ1n) is 6.30. The molecule has 5 heteroatoms. The first-order valence-corrected chi connectivity index (χ1v) is 7.29. The van der Waals surface area contributed by atoms with Crippen LogP contribution in [0.2, 0.25) is 0 Å². The lowest BCUT2D eigenvalue weighted by molar-refractivity contribution is -0.124. The Kier molecular flexibility index (Phi) is 6.91. The van der Waals surface area contributed by atoms with E-state index in [1.807, 2.05) is 30.3 Å². The van der Waals surface area contributed by atoms with Crippen LogP contribution >= 0.6 is 11.8 Å². The summed E-state index contributed by atoms with van der Waals surface area (Å²) in [4.78, 5) is 12.8.